The zero-order valence-corrected chi connectivity index (χ0v) is 23.2. The number of carbonyl (C=O) groups excluding carboxylic acids is 1. The van der Waals surface area contributed by atoms with Gasteiger partial charge in [0.1, 0.15) is 11.4 Å². The van der Waals surface area contributed by atoms with E-state index in [9.17, 15) is 4.79 Å². The standard InChI is InChI=1S/C19H19ClN4O2.C5H12.C2H6.CH5N/c1-22-26-14-7-5-11(6-8-14)17-16(18(21)25)15-9-12(20)10-23-19(15)24(17)13-3-2-4-13;1-5(2,3)4;2*1-2/h5-10,13,22H,2-4H2,1H3,(H2,21,25);1-4H3;1-2H3;2H2,1H3. The Hall–Kier alpha value is -2.61. The molecule has 1 aliphatic rings. The molecule has 1 fully saturated rings. The first-order chi connectivity index (χ1) is 16.6. The van der Waals surface area contributed by atoms with Crippen LogP contribution in [0.25, 0.3) is 22.3 Å². The van der Waals surface area contributed by atoms with Crippen LogP contribution in [0.15, 0.2) is 36.5 Å². The van der Waals surface area contributed by atoms with E-state index in [1.54, 1.807) is 19.3 Å². The van der Waals surface area contributed by atoms with Crippen LogP contribution >= 0.6 is 11.6 Å². The lowest BCUT2D eigenvalue weighted by molar-refractivity contribution is 0.100. The number of aromatic nitrogens is 2. The summed E-state index contributed by atoms with van der Waals surface area (Å²) in [5.41, 5.74) is 16.3. The topological polar surface area (TPSA) is 108 Å². The van der Waals surface area contributed by atoms with Crippen LogP contribution < -0.4 is 21.8 Å². The van der Waals surface area contributed by atoms with E-state index in [1.165, 1.54) is 7.05 Å². The van der Waals surface area contributed by atoms with E-state index in [2.05, 4.69) is 48.5 Å². The number of fused-ring (bicyclic) bond motifs is 1. The molecule has 35 heavy (non-hydrogen) atoms. The fourth-order valence-corrected chi connectivity index (χ4v) is 3.65. The number of halogens is 1. The maximum absolute atomic E-state index is 12.3. The maximum atomic E-state index is 12.3. The molecule has 194 valence electrons. The molecule has 0 spiro atoms. The molecule has 1 saturated carbocycles. The number of hydrogen-bond donors (Lipinski definition) is 3. The zero-order chi connectivity index (χ0) is 26.8. The molecule has 0 saturated heterocycles. The highest BCUT2D eigenvalue weighted by Gasteiger charge is 2.30. The monoisotopic (exact) mass is 503 g/mol. The van der Waals surface area contributed by atoms with Crippen LogP contribution in [0.5, 0.6) is 5.75 Å². The lowest BCUT2D eigenvalue weighted by Crippen LogP contribution is -2.19. The zero-order valence-electron chi connectivity index (χ0n) is 22.4. The Morgan fingerprint density at radius 2 is 1.69 bits per heavy atom. The highest BCUT2D eigenvalue weighted by Crippen LogP contribution is 2.42. The van der Waals surface area contributed by atoms with Gasteiger partial charge in [-0.15, -0.1) is 0 Å². The van der Waals surface area contributed by atoms with Crippen molar-refractivity contribution in [3.05, 3.63) is 47.1 Å². The quantitative estimate of drug-likeness (QED) is 0.351. The van der Waals surface area contributed by atoms with Crippen LogP contribution in [0.1, 0.15) is 77.2 Å². The van der Waals surface area contributed by atoms with Crippen molar-refractivity contribution in [1.82, 2.24) is 15.0 Å². The van der Waals surface area contributed by atoms with Crippen molar-refractivity contribution in [2.75, 3.05) is 14.1 Å². The van der Waals surface area contributed by atoms with Crippen molar-refractivity contribution in [1.29, 1.82) is 0 Å². The van der Waals surface area contributed by atoms with Gasteiger partial charge in [-0.2, -0.15) is 5.48 Å². The highest BCUT2D eigenvalue weighted by molar-refractivity contribution is 6.31. The van der Waals surface area contributed by atoms with Crippen molar-refractivity contribution >= 4 is 28.5 Å². The largest absolute Gasteiger partial charge is 0.409 e. The number of carbonyl (C=O) groups is 1. The van der Waals surface area contributed by atoms with Gasteiger partial charge >= 0.3 is 0 Å². The second-order valence-electron chi connectivity index (χ2n) is 9.40. The third kappa shape index (κ3) is 8.23. The molecule has 8 heteroatoms. The number of nitrogens with one attached hydrogen (secondary N) is 1. The van der Waals surface area contributed by atoms with E-state index < -0.39 is 5.91 Å². The molecule has 0 bridgehead atoms. The summed E-state index contributed by atoms with van der Waals surface area (Å²) < 4.78 is 2.14. The number of pyridine rings is 1. The van der Waals surface area contributed by atoms with Crippen molar-refractivity contribution < 1.29 is 9.63 Å². The highest BCUT2D eigenvalue weighted by atomic mass is 35.5. The third-order valence-electron chi connectivity index (χ3n) is 4.84. The minimum Gasteiger partial charge on any atom is -0.409 e. The molecule has 5 N–H and O–H groups in total. The fourth-order valence-electron chi connectivity index (χ4n) is 3.49. The SMILES string of the molecule is CC.CC(C)(C)C.CN.CNOc1ccc(-c2c(C(N)=O)c3cc(Cl)cnc3n2C2CCC2)cc1. The van der Waals surface area contributed by atoms with Crippen molar-refractivity contribution in [3.63, 3.8) is 0 Å². The van der Waals surface area contributed by atoms with Crippen LogP contribution in [0.2, 0.25) is 5.02 Å². The van der Waals surface area contributed by atoms with E-state index in [0.29, 0.717) is 33.2 Å². The van der Waals surface area contributed by atoms with E-state index in [1.807, 2.05) is 38.1 Å². The van der Waals surface area contributed by atoms with Gasteiger partial charge in [0.25, 0.3) is 5.91 Å². The Labute approximate surface area is 215 Å². The van der Waals surface area contributed by atoms with Gasteiger partial charge in [0, 0.05) is 24.7 Å². The number of nitrogens with zero attached hydrogens (tertiary/aromatic N) is 2. The average molecular weight is 504 g/mol. The number of hydrogen-bond acceptors (Lipinski definition) is 5. The van der Waals surface area contributed by atoms with E-state index in [4.69, 9.17) is 22.2 Å². The summed E-state index contributed by atoms with van der Waals surface area (Å²) in [6.07, 6.45) is 4.89. The van der Waals surface area contributed by atoms with E-state index >= 15 is 0 Å². The summed E-state index contributed by atoms with van der Waals surface area (Å²) in [6, 6.07) is 9.61. The molecular formula is C27H42ClN5O2. The second-order valence-corrected chi connectivity index (χ2v) is 9.83. The molecule has 1 aromatic carbocycles. The van der Waals surface area contributed by atoms with Crippen molar-refractivity contribution in [3.8, 4) is 17.0 Å². The Kier molecular flexibility index (Phi) is 12.2. The summed E-state index contributed by atoms with van der Waals surface area (Å²) in [4.78, 5) is 22.1. The van der Waals surface area contributed by atoms with Crippen LogP contribution in [-0.2, 0) is 0 Å². The number of amides is 1. The van der Waals surface area contributed by atoms with Crippen LogP contribution in [0.3, 0.4) is 0 Å². The van der Waals surface area contributed by atoms with Gasteiger partial charge < -0.3 is 20.9 Å². The minimum atomic E-state index is -0.484. The first-order valence-corrected chi connectivity index (χ1v) is 12.5. The first kappa shape index (κ1) is 30.4. The summed E-state index contributed by atoms with van der Waals surface area (Å²) in [5, 5.41) is 1.18. The van der Waals surface area contributed by atoms with Gasteiger partial charge in [0.05, 0.1) is 16.3 Å². The van der Waals surface area contributed by atoms with Crippen LogP contribution in [0, 0.1) is 5.41 Å². The van der Waals surface area contributed by atoms with Crippen molar-refractivity contribution in [2.24, 2.45) is 16.9 Å². The van der Waals surface area contributed by atoms with Gasteiger partial charge in [0.2, 0.25) is 0 Å². The fraction of sp³-hybridized carbons (Fsp3) is 0.481. The van der Waals surface area contributed by atoms with Gasteiger partial charge in [-0.05, 0) is 67.6 Å². The summed E-state index contributed by atoms with van der Waals surface area (Å²) >= 11 is 6.14. The molecule has 0 aliphatic heterocycles. The smallest absolute Gasteiger partial charge is 0.251 e. The Balaban J connectivity index is 0.000000598. The van der Waals surface area contributed by atoms with E-state index in [0.717, 1.165) is 36.2 Å². The molecule has 1 amide bonds. The molecule has 0 unspecified atom stereocenters. The molecule has 4 rings (SSSR count). The van der Waals surface area contributed by atoms with Crippen LogP contribution in [-0.4, -0.2) is 29.6 Å². The number of benzene rings is 1. The van der Waals surface area contributed by atoms with Gasteiger partial charge in [-0.1, -0.05) is 53.1 Å². The van der Waals surface area contributed by atoms with Crippen LogP contribution in [0.4, 0.5) is 0 Å². The molecule has 0 radical (unpaired) electrons. The lowest BCUT2D eigenvalue weighted by atomic mass is 9.92. The number of hydroxylamine groups is 1. The lowest BCUT2D eigenvalue weighted by Gasteiger charge is -2.29. The van der Waals surface area contributed by atoms with Crippen molar-refractivity contribution in [2.45, 2.75) is 66.8 Å². The summed E-state index contributed by atoms with van der Waals surface area (Å²) in [6.45, 7) is 12.8. The molecule has 2 aromatic heterocycles. The number of rotatable bonds is 5. The first-order valence-electron chi connectivity index (χ1n) is 12.1. The van der Waals surface area contributed by atoms with Gasteiger partial charge in [-0.25, -0.2) is 4.98 Å². The number of nitrogens with two attached hydrogens (primary N) is 2. The van der Waals surface area contributed by atoms with E-state index in [-0.39, 0.29) is 0 Å². The predicted octanol–water partition coefficient (Wildman–Crippen LogP) is 6.35. The molecule has 7 nitrogen and oxygen atoms in total. The summed E-state index contributed by atoms with van der Waals surface area (Å²) in [7, 11) is 3.20. The Bertz CT molecular complexity index is 1060. The molecule has 2 heterocycles. The predicted molar refractivity (Wildman–Crippen MR) is 148 cm³/mol. The van der Waals surface area contributed by atoms with Gasteiger partial charge in [0.15, 0.2) is 0 Å². The molecule has 0 atom stereocenters. The summed E-state index contributed by atoms with van der Waals surface area (Å²) in [5.74, 6) is 0.201. The number of primary amides is 1. The molecule has 1 aliphatic carbocycles. The normalized spacial score (nSPS) is 12.7. The Morgan fingerprint density at radius 3 is 2.11 bits per heavy atom. The Morgan fingerprint density at radius 1 is 1.14 bits per heavy atom. The van der Waals surface area contributed by atoms with Gasteiger partial charge in [-0.3, -0.25) is 4.79 Å². The third-order valence-corrected chi connectivity index (χ3v) is 5.05. The average Bonchev–Trinajstić information content (AvgIpc) is 3.09. The molecular weight excluding hydrogens is 462 g/mol. The second kappa shape index (κ2) is 14.1. The maximum Gasteiger partial charge on any atom is 0.251 e. The molecule has 3 aromatic rings. The minimum absolute atomic E-state index is 0.308.